The molecule has 1 aliphatic heterocycles. The first-order valence-electron chi connectivity index (χ1n) is 6.65. The third-order valence-corrected chi connectivity index (χ3v) is 4.09. The minimum absolute atomic E-state index is 0.0569. The Bertz CT molecular complexity index is 526. The van der Waals surface area contributed by atoms with E-state index in [1.54, 1.807) is 19.1 Å². The molecule has 2 N–H and O–H groups in total. The van der Waals surface area contributed by atoms with Gasteiger partial charge in [0.15, 0.2) is 0 Å². The monoisotopic (exact) mass is 333 g/mol. The molecule has 21 heavy (non-hydrogen) atoms. The molecule has 2 rings (SSSR count). The summed E-state index contributed by atoms with van der Waals surface area (Å²) in [6.45, 7) is 2.35. The van der Waals surface area contributed by atoms with Crippen molar-refractivity contribution in [1.29, 1.82) is 0 Å². The van der Waals surface area contributed by atoms with E-state index in [-0.39, 0.29) is 29.7 Å². The second-order valence-electron chi connectivity index (χ2n) is 4.88. The molecular formula is C14H17Cl2NO4. The number of carbonyl (C=O) groups is 1. The predicted molar refractivity (Wildman–Crippen MR) is 79.8 cm³/mol. The summed E-state index contributed by atoms with van der Waals surface area (Å²) in [6.07, 6.45) is -2.07. The first-order chi connectivity index (χ1) is 9.95. The highest BCUT2D eigenvalue weighted by atomic mass is 35.5. The number of carbonyl (C=O) groups excluding carboxylic acids is 1. The molecule has 0 bridgehead atoms. The van der Waals surface area contributed by atoms with E-state index in [1.165, 1.54) is 11.0 Å². The van der Waals surface area contributed by atoms with E-state index >= 15 is 0 Å². The average Bonchev–Trinajstić information content (AvgIpc) is 2.46. The van der Waals surface area contributed by atoms with Crippen LogP contribution < -0.4 is 0 Å². The summed E-state index contributed by atoms with van der Waals surface area (Å²) in [5.41, 5.74) is 0.262. The Labute approximate surface area is 133 Å². The molecule has 116 valence electrons. The fourth-order valence-corrected chi connectivity index (χ4v) is 2.75. The highest BCUT2D eigenvalue weighted by Gasteiger charge is 2.37. The number of amides is 1. The topological polar surface area (TPSA) is 70.0 Å². The van der Waals surface area contributed by atoms with Crippen LogP contribution in [0.25, 0.3) is 0 Å². The number of nitrogens with zero attached hydrogens (tertiary/aromatic N) is 1. The van der Waals surface area contributed by atoms with Crippen LogP contribution in [-0.4, -0.2) is 59.0 Å². The van der Waals surface area contributed by atoms with E-state index in [0.717, 1.165) is 0 Å². The van der Waals surface area contributed by atoms with Crippen LogP contribution in [0.5, 0.6) is 0 Å². The standard InChI is InChI=1S/C14H17Cl2NO4/c1-2-17(11-6-21-7-12(18)13(11)19)14(20)9-5-8(15)3-4-10(9)16/h3-5,11-13,18-19H,2,6-7H2,1H3/t11-,12-,13+/m1/s1. The van der Waals surface area contributed by atoms with Crippen LogP contribution in [0, 0.1) is 0 Å². The first-order valence-corrected chi connectivity index (χ1v) is 7.41. The third-order valence-electron chi connectivity index (χ3n) is 3.53. The molecule has 0 aromatic heterocycles. The maximum atomic E-state index is 12.6. The summed E-state index contributed by atoms with van der Waals surface area (Å²) in [7, 11) is 0. The number of halogens is 2. The normalized spacial score (nSPS) is 25.7. The lowest BCUT2D eigenvalue weighted by molar-refractivity contribution is -0.125. The van der Waals surface area contributed by atoms with Crippen molar-refractivity contribution in [3.8, 4) is 0 Å². The number of aliphatic hydroxyl groups excluding tert-OH is 2. The molecule has 0 radical (unpaired) electrons. The van der Waals surface area contributed by atoms with E-state index in [1.807, 2.05) is 0 Å². The molecular weight excluding hydrogens is 317 g/mol. The van der Waals surface area contributed by atoms with Crippen molar-refractivity contribution in [2.24, 2.45) is 0 Å². The largest absolute Gasteiger partial charge is 0.388 e. The second kappa shape index (κ2) is 6.94. The quantitative estimate of drug-likeness (QED) is 0.881. The lowest BCUT2D eigenvalue weighted by atomic mass is 10.0. The zero-order valence-corrected chi connectivity index (χ0v) is 13.0. The number of hydrogen-bond donors (Lipinski definition) is 2. The molecule has 1 fully saturated rings. The van der Waals surface area contributed by atoms with Crippen molar-refractivity contribution >= 4 is 29.1 Å². The molecule has 1 amide bonds. The molecule has 0 spiro atoms. The Morgan fingerprint density at radius 3 is 2.76 bits per heavy atom. The molecule has 1 heterocycles. The van der Waals surface area contributed by atoms with Crippen LogP contribution >= 0.6 is 23.2 Å². The Morgan fingerprint density at radius 2 is 2.10 bits per heavy atom. The number of rotatable bonds is 3. The molecule has 0 unspecified atom stereocenters. The van der Waals surface area contributed by atoms with Gasteiger partial charge in [-0.05, 0) is 25.1 Å². The van der Waals surface area contributed by atoms with Gasteiger partial charge in [0.05, 0.1) is 29.8 Å². The van der Waals surface area contributed by atoms with E-state index in [0.29, 0.717) is 11.6 Å². The molecule has 1 saturated heterocycles. The maximum Gasteiger partial charge on any atom is 0.255 e. The van der Waals surface area contributed by atoms with Crippen molar-refractivity contribution in [2.75, 3.05) is 19.8 Å². The summed E-state index contributed by atoms with van der Waals surface area (Å²) in [5, 5.41) is 20.4. The molecule has 1 aliphatic rings. The Kier molecular flexibility index (Phi) is 5.46. The Balaban J connectivity index is 2.28. The van der Waals surface area contributed by atoms with E-state index in [2.05, 4.69) is 0 Å². The van der Waals surface area contributed by atoms with Gasteiger partial charge in [0.2, 0.25) is 0 Å². The molecule has 3 atom stereocenters. The number of benzene rings is 1. The molecule has 0 saturated carbocycles. The third kappa shape index (κ3) is 3.49. The van der Waals surface area contributed by atoms with Crippen LogP contribution in [0.2, 0.25) is 10.0 Å². The van der Waals surface area contributed by atoms with Gasteiger partial charge in [-0.15, -0.1) is 0 Å². The van der Waals surface area contributed by atoms with Crippen molar-refractivity contribution in [2.45, 2.75) is 25.2 Å². The molecule has 1 aromatic rings. The smallest absolute Gasteiger partial charge is 0.255 e. The van der Waals surface area contributed by atoms with Crippen LogP contribution in [0.1, 0.15) is 17.3 Å². The summed E-state index contributed by atoms with van der Waals surface area (Å²) >= 11 is 11.9. The van der Waals surface area contributed by atoms with Crippen LogP contribution in [0.4, 0.5) is 0 Å². The first kappa shape index (κ1) is 16.5. The van der Waals surface area contributed by atoms with Crippen LogP contribution in [0.15, 0.2) is 18.2 Å². The van der Waals surface area contributed by atoms with Crippen molar-refractivity contribution in [3.05, 3.63) is 33.8 Å². The zero-order chi connectivity index (χ0) is 15.6. The summed E-state index contributed by atoms with van der Waals surface area (Å²) in [4.78, 5) is 14.1. The van der Waals surface area contributed by atoms with Gasteiger partial charge in [0.25, 0.3) is 5.91 Å². The predicted octanol–water partition coefficient (Wildman–Crippen LogP) is 1.58. The average molecular weight is 334 g/mol. The molecule has 7 heteroatoms. The van der Waals surface area contributed by atoms with Gasteiger partial charge in [-0.3, -0.25) is 4.79 Å². The van der Waals surface area contributed by atoms with Crippen molar-refractivity contribution in [1.82, 2.24) is 4.90 Å². The minimum atomic E-state index is -1.05. The number of ether oxygens (including phenoxy) is 1. The minimum Gasteiger partial charge on any atom is -0.388 e. The summed E-state index contributed by atoms with van der Waals surface area (Å²) < 4.78 is 5.22. The number of aliphatic hydroxyl groups is 2. The van der Waals surface area contributed by atoms with Gasteiger partial charge < -0.3 is 19.8 Å². The van der Waals surface area contributed by atoms with Gasteiger partial charge in [-0.25, -0.2) is 0 Å². The maximum absolute atomic E-state index is 12.6. The number of likely N-dealkylation sites (N-methyl/N-ethyl adjacent to an activating group) is 1. The molecule has 5 nitrogen and oxygen atoms in total. The van der Waals surface area contributed by atoms with Gasteiger partial charge >= 0.3 is 0 Å². The Morgan fingerprint density at radius 1 is 1.38 bits per heavy atom. The highest BCUT2D eigenvalue weighted by Crippen LogP contribution is 2.24. The summed E-state index contributed by atoms with van der Waals surface area (Å²) in [6, 6.07) is 4.01. The van der Waals surface area contributed by atoms with Crippen LogP contribution in [-0.2, 0) is 4.74 Å². The van der Waals surface area contributed by atoms with E-state index in [9.17, 15) is 15.0 Å². The second-order valence-corrected chi connectivity index (χ2v) is 5.72. The SMILES string of the molecule is CCN(C(=O)c1cc(Cl)ccc1Cl)[C@@H]1COC[C@@H](O)[C@H]1O. The van der Waals surface area contributed by atoms with Crippen LogP contribution in [0.3, 0.4) is 0 Å². The molecule has 0 aliphatic carbocycles. The highest BCUT2D eigenvalue weighted by molar-refractivity contribution is 6.35. The van der Waals surface area contributed by atoms with E-state index in [4.69, 9.17) is 27.9 Å². The van der Waals surface area contributed by atoms with Crippen molar-refractivity contribution < 1.29 is 19.7 Å². The van der Waals surface area contributed by atoms with Gasteiger partial charge in [0.1, 0.15) is 12.2 Å². The lowest BCUT2D eigenvalue weighted by Crippen LogP contribution is -2.57. The van der Waals surface area contributed by atoms with E-state index < -0.39 is 18.2 Å². The van der Waals surface area contributed by atoms with Crippen molar-refractivity contribution in [3.63, 3.8) is 0 Å². The fourth-order valence-electron chi connectivity index (χ4n) is 2.38. The number of hydrogen-bond acceptors (Lipinski definition) is 4. The lowest BCUT2D eigenvalue weighted by Gasteiger charge is -2.39. The van der Waals surface area contributed by atoms with Gasteiger partial charge in [-0.2, -0.15) is 0 Å². The molecule has 1 aromatic carbocycles. The summed E-state index contributed by atoms with van der Waals surface area (Å²) in [5.74, 6) is -0.355. The van der Waals surface area contributed by atoms with Gasteiger partial charge in [0, 0.05) is 11.6 Å². The zero-order valence-electron chi connectivity index (χ0n) is 11.5. The fraction of sp³-hybridized carbons (Fsp3) is 0.500. The van der Waals surface area contributed by atoms with Gasteiger partial charge in [-0.1, -0.05) is 23.2 Å². The Hall–Kier alpha value is -0.850.